The highest BCUT2D eigenvalue weighted by atomic mass is 32.2. The second-order valence-electron chi connectivity index (χ2n) is 7.97. The lowest BCUT2D eigenvalue weighted by molar-refractivity contribution is -0.126. The lowest BCUT2D eigenvalue weighted by Crippen LogP contribution is -2.44. The molecule has 1 fully saturated rings. The van der Waals surface area contributed by atoms with Crippen LogP contribution in [0.1, 0.15) is 24.0 Å². The van der Waals surface area contributed by atoms with E-state index in [4.69, 9.17) is 0 Å². The molecule has 162 valence electrons. The van der Waals surface area contributed by atoms with Gasteiger partial charge in [0.05, 0.1) is 5.75 Å². The highest BCUT2D eigenvalue weighted by molar-refractivity contribution is 7.88. The first-order chi connectivity index (χ1) is 14.3. The highest BCUT2D eigenvalue weighted by Crippen LogP contribution is 2.22. The van der Waals surface area contributed by atoms with E-state index >= 15 is 0 Å². The molecule has 6 nitrogen and oxygen atoms in total. The molecule has 0 aliphatic carbocycles. The van der Waals surface area contributed by atoms with Crippen molar-refractivity contribution in [2.75, 3.05) is 38.1 Å². The number of para-hydroxylation sites is 1. The fraction of sp³-hybridized carbons (Fsp3) is 0.435. The van der Waals surface area contributed by atoms with Crippen molar-refractivity contribution in [2.45, 2.75) is 25.5 Å². The van der Waals surface area contributed by atoms with Gasteiger partial charge in [0.15, 0.2) is 0 Å². The van der Waals surface area contributed by atoms with E-state index < -0.39 is 10.0 Å². The number of anilines is 1. The van der Waals surface area contributed by atoms with Gasteiger partial charge in [0.25, 0.3) is 0 Å². The van der Waals surface area contributed by atoms with E-state index in [2.05, 4.69) is 10.2 Å². The van der Waals surface area contributed by atoms with Gasteiger partial charge in [-0.3, -0.25) is 4.79 Å². The average molecular weight is 430 g/mol. The van der Waals surface area contributed by atoms with Gasteiger partial charge in [-0.05, 0) is 37.5 Å². The summed E-state index contributed by atoms with van der Waals surface area (Å²) in [4.78, 5) is 14.6. The normalized spacial score (nSPS) is 15.7. The minimum absolute atomic E-state index is 0.0113. The van der Waals surface area contributed by atoms with E-state index in [1.165, 1.54) is 4.31 Å². The van der Waals surface area contributed by atoms with Gasteiger partial charge >= 0.3 is 0 Å². The molecule has 30 heavy (non-hydrogen) atoms. The molecular formula is C23H31N3O3S. The minimum atomic E-state index is -3.37. The Kier molecular flexibility index (Phi) is 7.50. The summed E-state index contributed by atoms with van der Waals surface area (Å²) in [7, 11) is -1.37. The van der Waals surface area contributed by atoms with Gasteiger partial charge in [-0.2, -0.15) is 0 Å². The lowest BCUT2D eigenvalue weighted by Gasteiger charge is -2.30. The molecule has 0 saturated carbocycles. The Balaban J connectivity index is 1.43. The first kappa shape index (κ1) is 22.3. The maximum Gasteiger partial charge on any atom is 0.223 e. The largest absolute Gasteiger partial charge is 0.373 e. The van der Waals surface area contributed by atoms with Crippen LogP contribution in [0.3, 0.4) is 0 Å². The van der Waals surface area contributed by atoms with E-state index in [9.17, 15) is 13.2 Å². The number of benzene rings is 2. The molecule has 0 unspecified atom stereocenters. The van der Waals surface area contributed by atoms with Crippen molar-refractivity contribution in [3.63, 3.8) is 0 Å². The molecule has 0 spiro atoms. The number of rotatable bonds is 8. The van der Waals surface area contributed by atoms with Gasteiger partial charge in [0, 0.05) is 44.8 Å². The number of piperidine rings is 1. The van der Waals surface area contributed by atoms with Crippen LogP contribution in [0, 0.1) is 12.8 Å². The quantitative estimate of drug-likeness (QED) is 0.701. The number of aryl methyl sites for hydroxylation is 1. The SMILES string of the molecule is Cc1cccc(CS(=O)(=O)N2CCC(C(=O)NCCN(C)c3ccccc3)CC2)c1. The summed E-state index contributed by atoms with van der Waals surface area (Å²) in [6.45, 7) is 4.04. The van der Waals surface area contributed by atoms with Crippen molar-refractivity contribution in [3.8, 4) is 0 Å². The second kappa shape index (κ2) is 10.1. The molecule has 2 aromatic rings. The predicted molar refractivity (Wildman–Crippen MR) is 121 cm³/mol. The van der Waals surface area contributed by atoms with E-state index in [0.29, 0.717) is 32.5 Å². The number of likely N-dealkylation sites (N-methyl/N-ethyl adjacent to an activating group) is 1. The summed E-state index contributed by atoms with van der Waals surface area (Å²) in [5.74, 6) is -0.0955. The van der Waals surface area contributed by atoms with Gasteiger partial charge in [0.1, 0.15) is 0 Å². The Bertz CT molecular complexity index is 939. The molecule has 1 saturated heterocycles. The zero-order valence-corrected chi connectivity index (χ0v) is 18.6. The molecule has 0 aromatic heterocycles. The summed E-state index contributed by atoms with van der Waals surface area (Å²) in [5, 5.41) is 3.00. The van der Waals surface area contributed by atoms with Crippen molar-refractivity contribution in [2.24, 2.45) is 5.92 Å². The van der Waals surface area contributed by atoms with Gasteiger partial charge in [-0.1, -0.05) is 48.0 Å². The van der Waals surface area contributed by atoms with Gasteiger partial charge in [-0.15, -0.1) is 0 Å². The Morgan fingerprint density at radius 2 is 1.80 bits per heavy atom. The van der Waals surface area contributed by atoms with Crippen molar-refractivity contribution in [3.05, 3.63) is 65.7 Å². The van der Waals surface area contributed by atoms with Crippen LogP contribution in [-0.4, -0.2) is 51.9 Å². The standard InChI is InChI=1S/C23H31N3O3S/c1-19-7-6-8-20(17-19)18-30(28,29)26-14-11-21(12-15-26)23(27)24-13-16-25(2)22-9-4-3-5-10-22/h3-10,17,21H,11-16,18H2,1-2H3,(H,24,27). The first-order valence-corrected chi connectivity index (χ1v) is 12.0. The fourth-order valence-corrected chi connectivity index (χ4v) is 5.35. The number of carbonyl (C=O) groups excluding carboxylic acids is 1. The molecule has 1 aliphatic rings. The predicted octanol–water partition coefficient (Wildman–Crippen LogP) is 2.79. The number of nitrogens with one attached hydrogen (secondary N) is 1. The molecule has 3 rings (SSSR count). The minimum Gasteiger partial charge on any atom is -0.373 e. The Hall–Kier alpha value is -2.38. The van der Waals surface area contributed by atoms with E-state index in [1.54, 1.807) is 0 Å². The fourth-order valence-electron chi connectivity index (χ4n) is 3.80. The Morgan fingerprint density at radius 3 is 2.47 bits per heavy atom. The molecule has 0 radical (unpaired) electrons. The average Bonchev–Trinajstić information content (AvgIpc) is 2.74. The molecule has 0 atom stereocenters. The van der Waals surface area contributed by atoms with E-state index in [-0.39, 0.29) is 17.6 Å². The van der Waals surface area contributed by atoms with Crippen LogP contribution in [0.15, 0.2) is 54.6 Å². The number of amides is 1. The lowest BCUT2D eigenvalue weighted by atomic mass is 9.97. The summed E-state index contributed by atoms with van der Waals surface area (Å²) in [6.07, 6.45) is 1.13. The van der Waals surface area contributed by atoms with Gasteiger partial charge in [-0.25, -0.2) is 12.7 Å². The summed E-state index contributed by atoms with van der Waals surface area (Å²) in [6, 6.07) is 17.6. The van der Waals surface area contributed by atoms with Crippen molar-refractivity contribution in [1.29, 1.82) is 0 Å². The maximum absolute atomic E-state index is 12.7. The monoisotopic (exact) mass is 429 g/mol. The van der Waals surface area contributed by atoms with Crippen LogP contribution in [0.4, 0.5) is 5.69 Å². The number of sulfonamides is 1. The summed E-state index contributed by atoms with van der Waals surface area (Å²) in [5.41, 5.74) is 2.97. The van der Waals surface area contributed by atoms with E-state index in [1.807, 2.05) is 68.6 Å². The van der Waals surface area contributed by atoms with Crippen LogP contribution in [-0.2, 0) is 20.6 Å². The molecular weight excluding hydrogens is 398 g/mol. The third-order valence-corrected chi connectivity index (χ3v) is 7.44. The third-order valence-electron chi connectivity index (χ3n) is 5.59. The molecule has 1 N–H and O–H groups in total. The smallest absolute Gasteiger partial charge is 0.223 e. The van der Waals surface area contributed by atoms with Crippen LogP contribution in [0.2, 0.25) is 0 Å². The zero-order valence-electron chi connectivity index (χ0n) is 17.8. The van der Waals surface area contributed by atoms with Gasteiger partial charge < -0.3 is 10.2 Å². The number of nitrogens with zero attached hydrogens (tertiary/aromatic N) is 2. The molecule has 2 aromatic carbocycles. The van der Waals surface area contributed by atoms with Crippen molar-refractivity contribution in [1.82, 2.24) is 9.62 Å². The van der Waals surface area contributed by atoms with Crippen LogP contribution >= 0.6 is 0 Å². The molecule has 1 aliphatic heterocycles. The third kappa shape index (κ3) is 6.06. The van der Waals surface area contributed by atoms with Gasteiger partial charge in [0.2, 0.25) is 15.9 Å². The summed E-state index contributed by atoms with van der Waals surface area (Å²) < 4.78 is 27.0. The van der Waals surface area contributed by atoms with Crippen LogP contribution < -0.4 is 10.2 Å². The molecule has 0 bridgehead atoms. The van der Waals surface area contributed by atoms with E-state index in [0.717, 1.165) is 23.4 Å². The highest BCUT2D eigenvalue weighted by Gasteiger charge is 2.31. The number of carbonyl (C=O) groups is 1. The van der Waals surface area contributed by atoms with Crippen molar-refractivity contribution >= 4 is 21.6 Å². The second-order valence-corrected chi connectivity index (χ2v) is 9.94. The van der Waals surface area contributed by atoms with Crippen molar-refractivity contribution < 1.29 is 13.2 Å². The number of hydrogen-bond donors (Lipinski definition) is 1. The first-order valence-electron chi connectivity index (χ1n) is 10.4. The maximum atomic E-state index is 12.7. The summed E-state index contributed by atoms with van der Waals surface area (Å²) >= 11 is 0. The Morgan fingerprint density at radius 1 is 1.10 bits per heavy atom. The number of hydrogen-bond acceptors (Lipinski definition) is 4. The Labute approximate surface area is 179 Å². The van der Waals surface area contributed by atoms with Crippen LogP contribution in [0.25, 0.3) is 0 Å². The van der Waals surface area contributed by atoms with Crippen LogP contribution in [0.5, 0.6) is 0 Å². The molecule has 7 heteroatoms. The molecule has 1 amide bonds. The molecule has 1 heterocycles. The zero-order chi connectivity index (χ0) is 21.6. The topological polar surface area (TPSA) is 69.7 Å².